The number of rotatable bonds is 4. The maximum absolute atomic E-state index is 12.2. The fourth-order valence-corrected chi connectivity index (χ4v) is 2.01. The summed E-state index contributed by atoms with van der Waals surface area (Å²) < 4.78 is 32.6. The minimum absolute atomic E-state index is 0.348. The van der Waals surface area contributed by atoms with Gasteiger partial charge in [-0.3, -0.25) is 0 Å². The van der Waals surface area contributed by atoms with Crippen LogP contribution in [0.4, 0.5) is 3.89 Å². The van der Waals surface area contributed by atoms with E-state index in [2.05, 4.69) is 16.8 Å². The maximum Gasteiger partial charge on any atom is 0.302 e. The molecule has 4 nitrogen and oxygen atoms in total. The molecule has 0 unspecified atom stereocenters. The molecular formula is C8H17FN2O2S. The van der Waals surface area contributed by atoms with E-state index in [0.717, 1.165) is 26.2 Å². The molecule has 0 aromatic heterocycles. The van der Waals surface area contributed by atoms with Gasteiger partial charge in [-0.2, -0.15) is 8.42 Å². The lowest BCUT2D eigenvalue weighted by Gasteiger charge is -2.32. The summed E-state index contributed by atoms with van der Waals surface area (Å²) in [5.41, 5.74) is 0. The van der Waals surface area contributed by atoms with Crippen molar-refractivity contribution >= 4 is 10.2 Å². The normalized spacial score (nSPS) is 21.3. The maximum atomic E-state index is 12.2. The van der Waals surface area contributed by atoms with Crippen LogP contribution in [0.15, 0.2) is 0 Å². The van der Waals surface area contributed by atoms with Crippen LogP contribution in [-0.2, 0) is 10.2 Å². The Morgan fingerprint density at radius 3 is 2.29 bits per heavy atom. The molecule has 0 saturated carbocycles. The fourth-order valence-electron chi connectivity index (χ4n) is 1.53. The highest BCUT2D eigenvalue weighted by Gasteiger charge is 2.14. The van der Waals surface area contributed by atoms with Gasteiger partial charge >= 0.3 is 10.2 Å². The Hall–Kier alpha value is -0.200. The second kappa shape index (κ2) is 5.04. The van der Waals surface area contributed by atoms with Crippen molar-refractivity contribution < 1.29 is 12.3 Å². The number of likely N-dealkylation sites (N-methyl/N-ethyl adjacent to an activating group) is 1. The van der Waals surface area contributed by atoms with Crippen LogP contribution in [0.2, 0.25) is 0 Å². The largest absolute Gasteiger partial charge is 0.304 e. The van der Waals surface area contributed by atoms with Crippen molar-refractivity contribution in [2.45, 2.75) is 6.42 Å². The van der Waals surface area contributed by atoms with Crippen LogP contribution < -0.4 is 0 Å². The van der Waals surface area contributed by atoms with Crippen molar-refractivity contribution in [3.05, 3.63) is 0 Å². The van der Waals surface area contributed by atoms with E-state index in [1.165, 1.54) is 0 Å². The summed E-state index contributed by atoms with van der Waals surface area (Å²) in [4.78, 5) is 4.40. The Kier molecular flexibility index (Phi) is 4.28. The van der Waals surface area contributed by atoms with Crippen LogP contribution in [0, 0.1) is 0 Å². The molecule has 1 aliphatic rings. The van der Waals surface area contributed by atoms with Crippen molar-refractivity contribution in [1.29, 1.82) is 0 Å². The molecule has 6 heteroatoms. The van der Waals surface area contributed by atoms with Gasteiger partial charge in [-0.05, 0) is 20.0 Å². The van der Waals surface area contributed by atoms with E-state index in [1.54, 1.807) is 0 Å². The smallest absolute Gasteiger partial charge is 0.302 e. The summed E-state index contributed by atoms with van der Waals surface area (Å²) in [6.07, 6.45) is 0.391. The van der Waals surface area contributed by atoms with Crippen molar-refractivity contribution in [2.75, 3.05) is 45.5 Å². The lowest BCUT2D eigenvalue weighted by atomic mass is 10.3. The molecule has 0 aromatic rings. The van der Waals surface area contributed by atoms with Gasteiger partial charge < -0.3 is 9.80 Å². The highest BCUT2D eigenvalue weighted by Crippen LogP contribution is 2.02. The predicted octanol–water partition coefficient (Wildman–Crippen LogP) is -0.0768. The van der Waals surface area contributed by atoms with Gasteiger partial charge in [-0.25, -0.2) is 0 Å². The lowest BCUT2D eigenvalue weighted by molar-refractivity contribution is 0.154. The Morgan fingerprint density at radius 1 is 1.21 bits per heavy atom. The first-order chi connectivity index (χ1) is 6.47. The molecule has 14 heavy (non-hydrogen) atoms. The molecule has 84 valence electrons. The summed E-state index contributed by atoms with van der Waals surface area (Å²) >= 11 is 0. The molecule has 1 fully saturated rings. The molecule has 0 amide bonds. The third kappa shape index (κ3) is 4.88. The van der Waals surface area contributed by atoms with Gasteiger partial charge in [-0.1, -0.05) is 0 Å². The number of hydrogen-bond donors (Lipinski definition) is 0. The minimum atomic E-state index is -4.27. The monoisotopic (exact) mass is 224 g/mol. The van der Waals surface area contributed by atoms with Gasteiger partial charge in [0, 0.05) is 26.2 Å². The van der Waals surface area contributed by atoms with Crippen molar-refractivity contribution in [3.63, 3.8) is 0 Å². The Morgan fingerprint density at radius 2 is 1.79 bits per heavy atom. The summed E-state index contributed by atoms with van der Waals surface area (Å²) in [7, 11) is -2.21. The van der Waals surface area contributed by atoms with Crippen LogP contribution in [0.3, 0.4) is 0 Å². The summed E-state index contributed by atoms with van der Waals surface area (Å²) in [5, 5.41) is 0. The van der Waals surface area contributed by atoms with E-state index in [1.807, 2.05) is 0 Å². The molecule has 0 bridgehead atoms. The van der Waals surface area contributed by atoms with Crippen molar-refractivity contribution in [3.8, 4) is 0 Å². The zero-order valence-electron chi connectivity index (χ0n) is 8.45. The van der Waals surface area contributed by atoms with Crippen LogP contribution in [0.5, 0.6) is 0 Å². The van der Waals surface area contributed by atoms with Gasteiger partial charge in [-0.15, -0.1) is 3.89 Å². The molecule has 1 rings (SSSR count). The SMILES string of the molecule is CN1CCN(CCCS(=O)(=O)F)CC1. The van der Waals surface area contributed by atoms with Gasteiger partial charge in [0.15, 0.2) is 0 Å². The van der Waals surface area contributed by atoms with Gasteiger partial charge in [0.25, 0.3) is 0 Å². The Balaban J connectivity index is 2.14. The standard InChI is InChI=1S/C8H17FN2O2S/c1-10-4-6-11(7-5-10)3-2-8-14(9,12)13/h2-8H2,1H3. The first-order valence-electron chi connectivity index (χ1n) is 4.80. The first kappa shape index (κ1) is 11.9. The number of nitrogens with zero attached hydrogens (tertiary/aromatic N) is 2. The molecule has 1 heterocycles. The highest BCUT2D eigenvalue weighted by atomic mass is 32.3. The third-order valence-electron chi connectivity index (χ3n) is 2.46. The molecule has 0 spiro atoms. The molecular weight excluding hydrogens is 207 g/mol. The van der Waals surface area contributed by atoms with Crippen LogP contribution in [0.1, 0.15) is 6.42 Å². The molecule has 0 atom stereocenters. The number of hydrogen-bond acceptors (Lipinski definition) is 4. The molecule has 0 aromatic carbocycles. The topological polar surface area (TPSA) is 40.6 Å². The molecule has 0 N–H and O–H groups in total. The van der Waals surface area contributed by atoms with E-state index in [4.69, 9.17) is 0 Å². The lowest BCUT2D eigenvalue weighted by Crippen LogP contribution is -2.44. The van der Waals surface area contributed by atoms with Gasteiger partial charge in [0.2, 0.25) is 0 Å². The quantitative estimate of drug-likeness (QED) is 0.626. The average Bonchev–Trinajstić information content (AvgIpc) is 2.06. The second-order valence-electron chi connectivity index (χ2n) is 3.74. The van der Waals surface area contributed by atoms with E-state index in [0.29, 0.717) is 13.0 Å². The number of halogens is 1. The van der Waals surface area contributed by atoms with E-state index < -0.39 is 10.2 Å². The van der Waals surface area contributed by atoms with Crippen molar-refractivity contribution in [1.82, 2.24) is 9.80 Å². The molecule has 1 saturated heterocycles. The number of piperazine rings is 1. The average molecular weight is 224 g/mol. The van der Waals surface area contributed by atoms with Gasteiger partial charge in [0.1, 0.15) is 0 Å². The van der Waals surface area contributed by atoms with Crippen LogP contribution >= 0.6 is 0 Å². The van der Waals surface area contributed by atoms with Crippen molar-refractivity contribution in [2.24, 2.45) is 0 Å². The first-order valence-corrected chi connectivity index (χ1v) is 6.36. The van der Waals surface area contributed by atoms with Crippen LogP contribution in [-0.4, -0.2) is 63.7 Å². The summed E-state index contributed by atoms with van der Waals surface area (Å²) in [5.74, 6) is -0.348. The molecule has 0 aliphatic carbocycles. The predicted molar refractivity (Wildman–Crippen MR) is 53.4 cm³/mol. The Bertz CT molecular complexity index is 261. The second-order valence-corrected chi connectivity index (χ2v) is 5.23. The zero-order chi connectivity index (χ0) is 10.6. The molecule has 0 radical (unpaired) electrons. The highest BCUT2D eigenvalue weighted by molar-refractivity contribution is 7.86. The third-order valence-corrected chi connectivity index (χ3v) is 3.23. The zero-order valence-corrected chi connectivity index (χ0v) is 9.26. The van der Waals surface area contributed by atoms with E-state index >= 15 is 0 Å². The summed E-state index contributed by atoms with van der Waals surface area (Å²) in [6.45, 7) is 4.58. The Labute approximate surface area is 84.9 Å². The summed E-state index contributed by atoms with van der Waals surface area (Å²) in [6, 6.07) is 0. The fraction of sp³-hybridized carbons (Fsp3) is 1.00. The molecule has 1 aliphatic heterocycles. The minimum Gasteiger partial charge on any atom is -0.304 e. The van der Waals surface area contributed by atoms with E-state index in [9.17, 15) is 12.3 Å². The van der Waals surface area contributed by atoms with Crippen LogP contribution in [0.25, 0.3) is 0 Å². The van der Waals surface area contributed by atoms with Gasteiger partial charge in [0.05, 0.1) is 5.75 Å². The van der Waals surface area contributed by atoms with E-state index in [-0.39, 0.29) is 5.75 Å².